The zero-order chi connectivity index (χ0) is 16.8. The third-order valence-electron chi connectivity index (χ3n) is 4.08. The molecule has 0 amide bonds. The van der Waals surface area contributed by atoms with Gasteiger partial charge < -0.3 is 10.2 Å². The van der Waals surface area contributed by atoms with Crippen molar-refractivity contribution in [1.82, 2.24) is 25.0 Å². The third-order valence-corrected chi connectivity index (χ3v) is 4.08. The zero-order valence-electron chi connectivity index (χ0n) is 13.9. The minimum absolute atomic E-state index is 0.702. The first-order chi connectivity index (χ1) is 11.7. The summed E-state index contributed by atoms with van der Waals surface area (Å²) in [6, 6.07) is 7.69. The van der Waals surface area contributed by atoms with Gasteiger partial charge in [-0.15, -0.1) is 0 Å². The van der Waals surface area contributed by atoms with Gasteiger partial charge in [-0.3, -0.25) is 15.0 Å². The summed E-state index contributed by atoms with van der Waals surface area (Å²) in [5.74, 6) is 1.42. The monoisotopic (exact) mass is 325 g/mol. The number of hydrogen-bond acceptors (Lipinski definition) is 6. The van der Waals surface area contributed by atoms with E-state index in [1.165, 1.54) is 0 Å². The average molecular weight is 325 g/mol. The van der Waals surface area contributed by atoms with Crippen LogP contribution in [0.3, 0.4) is 0 Å². The molecule has 0 unspecified atom stereocenters. The maximum absolute atomic E-state index is 4.31. The van der Waals surface area contributed by atoms with Crippen LogP contribution in [-0.2, 0) is 0 Å². The summed E-state index contributed by atoms with van der Waals surface area (Å²) in [7, 11) is 2.15. The number of H-pyrrole nitrogens is 1. The predicted octanol–water partition coefficient (Wildman–Crippen LogP) is 1.67. The Labute approximate surface area is 142 Å². The molecule has 1 aliphatic rings. The lowest BCUT2D eigenvalue weighted by Crippen LogP contribution is -2.44. The molecular weight excluding hydrogens is 302 g/mol. The fraction of sp³-hybridized carbons (Fsp3) is 0.353. The minimum atomic E-state index is 0.702. The molecule has 0 aliphatic carbocycles. The zero-order valence-corrected chi connectivity index (χ0v) is 13.9. The van der Waals surface area contributed by atoms with Crippen molar-refractivity contribution >= 4 is 12.5 Å². The second kappa shape index (κ2) is 7.85. The topological polar surface area (TPSA) is 72.4 Å². The normalized spacial score (nSPS) is 17.0. The molecule has 7 nitrogen and oxygen atoms in total. The van der Waals surface area contributed by atoms with Crippen molar-refractivity contribution in [2.45, 2.75) is 0 Å². The van der Waals surface area contributed by atoms with Crippen LogP contribution in [0.25, 0.3) is 11.4 Å². The van der Waals surface area contributed by atoms with Crippen LogP contribution in [-0.4, -0.2) is 71.5 Å². The number of nitrogens with one attached hydrogen (secondary N) is 2. The van der Waals surface area contributed by atoms with Crippen molar-refractivity contribution in [3.63, 3.8) is 0 Å². The molecule has 0 radical (unpaired) electrons. The summed E-state index contributed by atoms with van der Waals surface area (Å²) in [5.41, 5.74) is 1.72. The van der Waals surface area contributed by atoms with E-state index in [1.54, 1.807) is 6.20 Å². The van der Waals surface area contributed by atoms with Crippen LogP contribution in [0, 0.1) is 0 Å². The van der Waals surface area contributed by atoms with Gasteiger partial charge in [0.2, 0.25) is 0 Å². The number of aliphatic imine (C=N–C) groups is 1. The number of nitrogens with zero attached hydrogens (tertiary/aromatic N) is 5. The van der Waals surface area contributed by atoms with Crippen molar-refractivity contribution in [3.05, 3.63) is 42.4 Å². The third kappa shape index (κ3) is 4.27. The molecule has 0 aromatic carbocycles. The summed E-state index contributed by atoms with van der Waals surface area (Å²) in [5, 5.41) is 10.4. The molecule has 0 atom stereocenters. The van der Waals surface area contributed by atoms with E-state index in [0.29, 0.717) is 11.6 Å². The number of hydrogen-bond donors (Lipinski definition) is 2. The minimum Gasteiger partial charge on any atom is -0.324 e. The molecule has 1 aliphatic heterocycles. The number of rotatable bonds is 6. The van der Waals surface area contributed by atoms with E-state index in [0.717, 1.165) is 44.1 Å². The van der Waals surface area contributed by atoms with Crippen LogP contribution >= 0.6 is 0 Å². The molecule has 2 aromatic rings. The summed E-state index contributed by atoms with van der Waals surface area (Å²) >= 11 is 0. The molecule has 24 heavy (non-hydrogen) atoms. The number of piperazine rings is 1. The van der Waals surface area contributed by atoms with Crippen LogP contribution in [0.1, 0.15) is 0 Å². The summed E-state index contributed by atoms with van der Waals surface area (Å²) in [4.78, 5) is 13.1. The molecule has 2 N–H and O–H groups in total. The lowest BCUT2D eigenvalue weighted by Gasteiger charge is -2.31. The maximum atomic E-state index is 4.31. The molecule has 0 saturated carbocycles. The smallest absolute Gasteiger partial charge is 0.153 e. The Morgan fingerprint density at radius 1 is 1.38 bits per heavy atom. The van der Waals surface area contributed by atoms with Gasteiger partial charge in [0.25, 0.3) is 0 Å². The Morgan fingerprint density at radius 2 is 2.21 bits per heavy atom. The van der Waals surface area contributed by atoms with Crippen molar-refractivity contribution in [2.24, 2.45) is 4.99 Å². The molecule has 1 saturated heterocycles. The van der Waals surface area contributed by atoms with E-state index in [4.69, 9.17) is 0 Å². The number of aromatic amines is 1. The number of pyridine rings is 1. The lowest BCUT2D eigenvalue weighted by molar-refractivity contribution is 0.166. The first-order valence-corrected chi connectivity index (χ1v) is 8.06. The highest BCUT2D eigenvalue weighted by Gasteiger charge is 2.12. The number of aromatic nitrogens is 3. The largest absolute Gasteiger partial charge is 0.324 e. The molecule has 2 aromatic heterocycles. The van der Waals surface area contributed by atoms with Gasteiger partial charge in [0, 0.05) is 45.0 Å². The molecular formula is C17H23N7. The van der Waals surface area contributed by atoms with E-state index < -0.39 is 0 Å². The van der Waals surface area contributed by atoms with Crippen LogP contribution in [0.5, 0.6) is 0 Å². The summed E-state index contributed by atoms with van der Waals surface area (Å²) in [6.07, 6.45) is 3.81. The molecule has 7 heteroatoms. The Hall–Kier alpha value is -2.51. The molecule has 0 spiro atoms. The fourth-order valence-corrected chi connectivity index (χ4v) is 2.57. The first kappa shape index (κ1) is 16.4. The maximum Gasteiger partial charge on any atom is 0.153 e. The highest BCUT2D eigenvalue weighted by Crippen LogP contribution is 2.18. The van der Waals surface area contributed by atoms with E-state index in [1.807, 2.05) is 30.3 Å². The van der Waals surface area contributed by atoms with Gasteiger partial charge in [-0.2, -0.15) is 5.10 Å². The van der Waals surface area contributed by atoms with Gasteiger partial charge in [-0.1, -0.05) is 6.07 Å². The van der Waals surface area contributed by atoms with Crippen LogP contribution in [0.4, 0.5) is 5.82 Å². The summed E-state index contributed by atoms with van der Waals surface area (Å²) in [6.45, 7) is 8.84. The Kier molecular flexibility index (Phi) is 5.35. The number of anilines is 1. The van der Waals surface area contributed by atoms with Crippen LogP contribution in [0.15, 0.2) is 47.4 Å². The second-order valence-corrected chi connectivity index (χ2v) is 5.86. The SMILES string of the molecule is C=N/C(=C\CN1CCN(C)CC1)Nc1cc(-c2ccccn2)[nH]n1. The average Bonchev–Trinajstić information content (AvgIpc) is 3.09. The standard InChI is InChI=1S/C17H23N7/c1-18-16(6-8-24-11-9-23(2)10-12-24)20-17-13-15(21-22-17)14-5-3-4-7-19-14/h3-7,13H,1,8-12H2,2H3,(H2,20,21,22)/b16-6+. The highest BCUT2D eigenvalue weighted by molar-refractivity contribution is 5.59. The Bertz CT molecular complexity index is 684. The van der Waals surface area contributed by atoms with Crippen LogP contribution < -0.4 is 5.32 Å². The molecule has 3 rings (SSSR count). The number of likely N-dealkylation sites (N-methyl/N-ethyl adjacent to an activating group) is 1. The highest BCUT2D eigenvalue weighted by atomic mass is 15.2. The van der Waals surface area contributed by atoms with Crippen molar-refractivity contribution in [3.8, 4) is 11.4 Å². The predicted molar refractivity (Wildman–Crippen MR) is 97.0 cm³/mol. The van der Waals surface area contributed by atoms with E-state index in [2.05, 4.69) is 49.1 Å². The molecule has 126 valence electrons. The van der Waals surface area contributed by atoms with Crippen molar-refractivity contribution in [1.29, 1.82) is 0 Å². The van der Waals surface area contributed by atoms with Gasteiger partial charge >= 0.3 is 0 Å². The van der Waals surface area contributed by atoms with E-state index in [9.17, 15) is 0 Å². The Balaban J connectivity index is 1.60. The van der Waals surface area contributed by atoms with E-state index >= 15 is 0 Å². The first-order valence-electron chi connectivity index (χ1n) is 8.06. The summed E-state index contributed by atoms with van der Waals surface area (Å²) < 4.78 is 0. The fourth-order valence-electron chi connectivity index (χ4n) is 2.57. The van der Waals surface area contributed by atoms with Crippen LogP contribution in [0.2, 0.25) is 0 Å². The molecule has 0 bridgehead atoms. The van der Waals surface area contributed by atoms with E-state index in [-0.39, 0.29) is 0 Å². The van der Waals surface area contributed by atoms with Gasteiger partial charge in [0.1, 0.15) is 5.82 Å². The second-order valence-electron chi connectivity index (χ2n) is 5.86. The van der Waals surface area contributed by atoms with Crippen molar-refractivity contribution < 1.29 is 0 Å². The van der Waals surface area contributed by atoms with Gasteiger partial charge in [0.15, 0.2) is 5.82 Å². The molecule has 1 fully saturated rings. The van der Waals surface area contributed by atoms with Gasteiger partial charge in [-0.05, 0) is 32.0 Å². The quantitative estimate of drug-likeness (QED) is 0.791. The lowest BCUT2D eigenvalue weighted by atomic mass is 10.3. The van der Waals surface area contributed by atoms with Crippen molar-refractivity contribution in [2.75, 3.05) is 45.1 Å². The Morgan fingerprint density at radius 3 is 2.92 bits per heavy atom. The van der Waals surface area contributed by atoms with Gasteiger partial charge in [0.05, 0.1) is 11.4 Å². The van der Waals surface area contributed by atoms with Gasteiger partial charge in [-0.25, -0.2) is 4.99 Å². The molecule has 3 heterocycles.